The molecule has 0 atom stereocenters. The van der Waals surface area contributed by atoms with Gasteiger partial charge < -0.3 is 14.2 Å². The first-order valence-corrected chi connectivity index (χ1v) is 29.0. The number of unbranched alkanes of at least 4 members (excludes halogenated alkanes) is 42. The summed E-state index contributed by atoms with van der Waals surface area (Å²) >= 11 is 0. The van der Waals surface area contributed by atoms with Gasteiger partial charge >= 0.3 is 17.9 Å². The fourth-order valence-corrected chi connectivity index (χ4v) is 8.92. The Hall–Kier alpha value is -1.59. The van der Waals surface area contributed by atoms with E-state index in [0.29, 0.717) is 19.3 Å². The molecule has 0 aromatic carbocycles. The van der Waals surface area contributed by atoms with Crippen LogP contribution in [0.1, 0.15) is 329 Å². The highest BCUT2D eigenvalue weighted by molar-refractivity contribution is 5.70. The number of rotatable bonds is 54. The summed E-state index contributed by atoms with van der Waals surface area (Å²) < 4.78 is 16.9. The van der Waals surface area contributed by atoms with Crippen LogP contribution in [-0.2, 0) is 28.6 Å². The van der Waals surface area contributed by atoms with Crippen molar-refractivity contribution < 1.29 is 28.6 Å². The Morgan fingerprint density at radius 3 is 0.531 bits per heavy atom. The fourth-order valence-electron chi connectivity index (χ4n) is 8.92. The molecule has 0 aliphatic rings. The van der Waals surface area contributed by atoms with E-state index in [9.17, 15) is 14.4 Å². The maximum Gasteiger partial charge on any atom is 0.305 e. The third-order valence-corrected chi connectivity index (χ3v) is 13.4. The highest BCUT2D eigenvalue weighted by Crippen LogP contribution is 2.18. The standard InChI is InChI=1S/C58H112O6/c1-4-7-10-13-16-19-22-25-28-31-34-37-40-43-46-49-56(59)62-52-55(53-63-57(60)50-47-44-41-38-35-32-29-26-23-20-17-14-11-8-5-2)54-64-58(61)51-48-45-42-39-36-33-30-27-24-21-18-15-12-9-6-3/h55H,4-54H2,1-3H3. The van der Waals surface area contributed by atoms with E-state index in [-0.39, 0.29) is 43.6 Å². The van der Waals surface area contributed by atoms with E-state index < -0.39 is 0 Å². The number of ether oxygens (including phenoxy) is 3. The van der Waals surface area contributed by atoms with Gasteiger partial charge in [-0.3, -0.25) is 14.4 Å². The summed E-state index contributed by atoms with van der Waals surface area (Å²) in [6.45, 7) is 7.15. The molecule has 0 aliphatic heterocycles. The van der Waals surface area contributed by atoms with Crippen LogP contribution in [0, 0.1) is 5.92 Å². The lowest BCUT2D eigenvalue weighted by molar-refractivity contribution is -0.153. The van der Waals surface area contributed by atoms with Crippen molar-refractivity contribution in [2.45, 2.75) is 329 Å². The van der Waals surface area contributed by atoms with Crippen molar-refractivity contribution in [1.29, 1.82) is 0 Å². The van der Waals surface area contributed by atoms with Crippen LogP contribution in [0.4, 0.5) is 0 Å². The molecule has 0 aliphatic carbocycles. The van der Waals surface area contributed by atoms with Crippen LogP contribution in [0.5, 0.6) is 0 Å². The van der Waals surface area contributed by atoms with E-state index in [1.807, 2.05) is 0 Å². The number of carbonyl (C=O) groups excluding carboxylic acids is 3. The predicted molar refractivity (Wildman–Crippen MR) is 275 cm³/mol. The van der Waals surface area contributed by atoms with Crippen molar-refractivity contribution >= 4 is 17.9 Å². The largest absolute Gasteiger partial charge is 0.465 e. The molecule has 0 spiro atoms. The molecule has 6 nitrogen and oxygen atoms in total. The molecule has 0 unspecified atom stereocenters. The van der Waals surface area contributed by atoms with Gasteiger partial charge in [0.1, 0.15) is 19.8 Å². The van der Waals surface area contributed by atoms with Gasteiger partial charge in [-0.2, -0.15) is 0 Å². The number of carbonyl (C=O) groups is 3. The molecular weight excluding hydrogens is 793 g/mol. The second kappa shape index (κ2) is 54.0. The molecule has 0 saturated carbocycles. The van der Waals surface area contributed by atoms with Crippen LogP contribution >= 0.6 is 0 Å². The molecule has 0 aromatic heterocycles. The van der Waals surface area contributed by atoms with Crippen molar-refractivity contribution in [1.82, 2.24) is 0 Å². The Labute approximate surface area is 399 Å². The first-order valence-electron chi connectivity index (χ1n) is 29.0. The minimum Gasteiger partial charge on any atom is -0.465 e. The molecule has 0 N–H and O–H groups in total. The quantitative estimate of drug-likeness (QED) is 0.0344. The fraction of sp³-hybridized carbons (Fsp3) is 0.948. The molecule has 380 valence electrons. The van der Waals surface area contributed by atoms with Gasteiger partial charge in [0.05, 0.1) is 5.92 Å². The van der Waals surface area contributed by atoms with Crippen molar-refractivity contribution in [2.24, 2.45) is 5.92 Å². The van der Waals surface area contributed by atoms with Gasteiger partial charge in [-0.05, 0) is 19.3 Å². The first-order chi connectivity index (χ1) is 31.5. The molecule has 0 bridgehead atoms. The van der Waals surface area contributed by atoms with E-state index in [4.69, 9.17) is 14.2 Å². The Bertz CT molecular complexity index is 832. The molecular formula is C58H112O6. The van der Waals surface area contributed by atoms with Crippen molar-refractivity contribution in [2.75, 3.05) is 19.8 Å². The van der Waals surface area contributed by atoms with Crippen LogP contribution in [-0.4, -0.2) is 37.7 Å². The molecule has 0 rings (SSSR count). The van der Waals surface area contributed by atoms with Crippen molar-refractivity contribution in [3.8, 4) is 0 Å². The molecule has 64 heavy (non-hydrogen) atoms. The zero-order valence-electron chi connectivity index (χ0n) is 43.6. The maximum atomic E-state index is 12.7. The second-order valence-electron chi connectivity index (χ2n) is 20.0. The maximum absolute atomic E-state index is 12.7. The van der Waals surface area contributed by atoms with Gasteiger partial charge in [0.25, 0.3) is 0 Å². The van der Waals surface area contributed by atoms with Crippen LogP contribution in [0.3, 0.4) is 0 Å². The van der Waals surface area contributed by atoms with Gasteiger partial charge in [0, 0.05) is 19.3 Å². The minimum atomic E-state index is -0.347. The molecule has 0 radical (unpaired) electrons. The summed E-state index contributed by atoms with van der Waals surface area (Å²) in [5, 5.41) is 0. The summed E-state index contributed by atoms with van der Waals surface area (Å²) in [6, 6.07) is 0. The van der Waals surface area contributed by atoms with Crippen molar-refractivity contribution in [3.63, 3.8) is 0 Å². The third kappa shape index (κ3) is 51.4. The number of esters is 3. The summed E-state index contributed by atoms with van der Waals surface area (Å²) in [4.78, 5) is 38.0. The summed E-state index contributed by atoms with van der Waals surface area (Å²) in [5.74, 6) is -0.992. The Balaban J connectivity index is 4.29. The molecule has 0 heterocycles. The zero-order valence-corrected chi connectivity index (χ0v) is 43.6. The second-order valence-corrected chi connectivity index (χ2v) is 20.0. The monoisotopic (exact) mass is 905 g/mol. The number of hydrogen-bond acceptors (Lipinski definition) is 6. The van der Waals surface area contributed by atoms with Crippen molar-refractivity contribution in [3.05, 3.63) is 0 Å². The first kappa shape index (κ1) is 62.4. The van der Waals surface area contributed by atoms with Crippen LogP contribution in [0.2, 0.25) is 0 Å². The Morgan fingerprint density at radius 2 is 0.375 bits per heavy atom. The average Bonchev–Trinajstić information content (AvgIpc) is 3.29. The van der Waals surface area contributed by atoms with Gasteiger partial charge in [-0.1, -0.05) is 290 Å². The molecule has 0 saturated heterocycles. The Morgan fingerprint density at radius 1 is 0.234 bits per heavy atom. The van der Waals surface area contributed by atoms with Crippen LogP contribution in [0.25, 0.3) is 0 Å². The third-order valence-electron chi connectivity index (χ3n) is 13.4. The summed E-state index contributed by atoms with van der Waals surface area (Å²) in [7, 11) is 0. The number of hydrogen-bond donors (Lipinski definition) is 0. The summed E-state index contributed by atoms with van der Waals surface area (Å²) in [5.41, 5.74) is 0. The normalized spacial score (nSPS) is 11.4. The van der Waals surface area contributed by atoms with E-state index in [1.54, 1.807) is 0 Å². The smallest absolute Gasteiger partial charge is 0.305 e. The molecule has 0 fully saturated rings. The van der Waals surface area contributed by atoms with E-state index in [0.717, 1.165) is 57.8 Å². The lowest BCUT2D eigenvalue weighted by atomic mass is 10.0. The van der Waals surface area contributed by atoms with E-state index in [2.05, 4.69) is 20.8 Å². The molecule has 6 heteroatoms. The topological polar surface area (TPSA) is 78.9 Å². The van der Waals surface area contributed by atoms with E-state index >= 15 is 0 Å². The average molecular weight is 906 g/mol. The van der Waals surface area contributed by atoms with Gasteiger partial charge in [-0.25, -0.2) is 0 Å². The highest BCUT2D eigenvalue weighted by atomic mass is 16.6. The SMILES string of the molecule is CCCCCCCCCCCCCCCCCC(=O)OCC(COC(=O)CCCCCCCCCCCCCCCCC)COC(=O)CCCCCCCCCCCCCCCCC. The van der Waals surface area contributed by atoms with Gasteiger partial charge in [-0.15, -0.1) is 0 Å². The highest BCUT2D eigenvalue weighted by Gasteiger charge is 2.18. The Kier molecular flexibility index (Phi) is 52.7. The van der Waals surface area contributed by atoms with Gasteiger partial charge in [0.2, 0.25) is 0 Å². The molecule has 0 amide bonds. The van der Waals surface area contributed by atoms with Crippen LogP contribution < -0.4 is 0 Å². The predicted octanol–water partition coefficient (Wildman–Crippen LogP) is 19.0. The minimum absolute atomic E-state index is 0.107. The van der Waals surface area contributed by atoms with Crippen LogP contribution in [0.15, 0.2) is 0 Å². The van der Waals surface area contributed by atoms with E-state index in [1.165, 1.54) is 231 Å². The zero-order chi connectivity index (χ0) is 46.5. The lowest BCUT2D eigenvalue weighted by Crippen LogP contribution is -2.26. The molecule has 0 aromatic rings. The van der Waals surface area contributed by atoms with Gasteiger partial charge in [0.15, 0.2) is 0 Å². The lowest BCUT2D eigenvalue weighted by Gasteiger charge is -2.17. The summed E-state index contributed by atoms with van der Waals surface area (Å²) in [6.07, 6.45) is 59.3.